The minimum absolute atomic E-state index is 0.166. The fourth-order valence-electron chi connectivity index (χ4n) is 2.10. The van der Waals surface area contributed by atoms with E-state index in [1.54, 1.807) is 0 Å². The van der Waals surface area contributed by atoms with E-state index in [0.717, 1.165) is 19.4 Å². The van der Waals surface area contributed by atoms with Gasteiger partial charge in [-0.2, -0.15) is 0 Å². The summed E-state index contributed by atoms with van der Waals surface area (Å²) < 4.78 is 5.50. The van der Waals surface area contributed by atoms with Gasteiger partial charge in [-0.05, 0) is 26.7 Å². The van der Waals surface area contributed by atoms with Crippen LogP contribution in [0.25, 0.3) is 0 Å². The lowest BCUT2D eigenvalue weighted by atomic mass is 10.2. The van der Waals surface area contributed by atoms with E-state index in [2.05, 4.69) is 19.2 Å². The Morgan fingerprint density at radius 2 is 2.20 bits per heavy atom. The summed E-state index contributed by atoms with van der Waals surface area (Å²) in [5.41, 5.74) is 0. The first-order valence-corrected chi connectivity index (χ1v) is 5.84. The molecule has 0 unspecified atom stereocenters. The van der Waals surface area contributed by atoms with E-state index in [4.69, 9.17) is 4.74 Å². The molecule has 1 atom stereocenters. The maximum absolute atomic E-state index is 12.2. The molecule has 1 aliphatic heterocycles. The molecule has 0 radical (unpaired) electrons. The third-order valence-electron chi connectivity index (χ3n) is 2.95. The summed E-state index contributed by atoms with van der Waals surface area (Å²) in [5.74, 6) is 0.166. The zero-order valence-corrected chi connectivity index (χ0v) is 9.53. The van der Waals surface area contributed by atoms with E-state index in [9.17, 15) is 4.79 Å². The lowest BCUT2D eigenvalue weighted by molar-refractivity contribution is -0.147. The van der Waals surface area contributed by atoms with E-state index < -0.39 is 0 Å². The van der Waals surface area contributed by atoms with Crippen LogP contribution in [0.4, 0.5) is 0 Å². The summed E-state index contributed by atoms with van der Waals surface area (Å²) in [4.78, 5) is 14.2. The van der Waals surface area contributed by atoms with E-state index in [1.165, 1.54) is 0 Å². The van der Waals surface area contributed by atoms with Crippen LogP contribution in [0.2, 0.25) is 0 Å². The van der Waals surface area contributed by atoms with Crippen molar-refractivity contribution >= 4 is 5.91 Å². The van der Waals surface area contributed by atoms with Crippen LogP contribution in [0.3, 0.4) is 0 Å². The third kappa shape index (κ3) is 2.49. The smallest absolute Gasteiger partial charge is 0.253 e. The van der Waals surface area contributed by atoms with Crippen LogP contribution in [0.5, 0.6) is 0 Å². The first-order chi connectivity index (χ1) is 7.20. The second-order valence-corrected chi connectivity index (χ2v) is 4.63. The van der Waals surface area contributed by atoms with E-state index in [-0.39, 0.29) is 18.1 Å². The number of amides is 1. The van der Waals surface area contributed by atoms with E-state index >= 15 is 0 Å². The van der Waals surface area contributed by atoms with Gasteiger partial charge in [-0.1, -0.05) is 0 Å². The Morgan fingerprint density at radius 1 is 1.47 bits per heavy atom. The van der Waals surface area contributed by atoms with Crippen molar-refractivity contribution in [3.05, 3.63) is 0 Å². The number of ether oxygens (including phenoxy) is 1. The third-order valence-corrected chi connectivity index (χ3v) is 2.95. The first-order valence-electron chi connectivity index (χ1n) is 5.84. The van der Waals surface area contributed by atoms with Crippen molar-refractivity contribution in [2.24, 2.45) is 0 Å². The maximum Gasteiger partial charge on any atom is 0.253 e. The van der Waals surface area contributed by atoms with Crippen molar-refractivity contribution in [3.8, 4) is 0 Å². The number of hydrogen-bond acceptors (Lipinski definition) is 3. The lowest BCUT2D eigenvalue weighted by Gasteiger charge is -2.32. The van der Waals surface area contributed by atoms with Gasteiger partial charge in [0.1, 0.15) is 6.10 Å². The van der Waals surface area contributed by atoms with Crippen LogP contribution in [0, 0.1) is 0 Å². The number of nitrogens with zero attached hydrogens (tertiary/aromatic N) is 1. The van der Waals surface area contributed by atoms with Crippen molar-refractivity contribution in [1.29, 1.82) is 0 Å². The Balaban J connectivity index is 1.96. The van der Waals surface area contributed by atoms with Crippen molar-refractivity contribution in [3.63, 3.8) is 0 Å². The van der Waals surface area contributed by atoms with E-state index in [1.807, 2.05) is 4.90 Å². The molecule has 86 valence electrons. The van der Waals surface area contributed by atoms with Gasteiger partial charge in [0.25, 0.3) is 5.91 Å². The second-order valence-electron chi connectivity index (χ2n) is 4.63. The first kappa shape index (κ1) is 10.9. The highest BCUT2D eigenvalue weighted by molar-refractivity contribution is 5.82. The van der Waals surface area contributed by atoms with Crippen molar-refractivity contribution < 1.29 is 9.53 Å². The number of nitrogens with one attached hydrogen (secondary N) is 1. The normalized spacial score (nSPS) is 26.7. The highest BCUT2D eigenvalue weighted by Crippen LogP contribution is 2.29. The standard InChI is InChI=1S/C11H20N2O2/c1-8(2)13(9-3-4-9)11(14)10-7-12-5-6-15-10/h8-10,12H,3-7H2,1-2H3/t10-/m0/s1. The number of carbonyl (C=O) groups is 1. The Labute approximate surface area is 91.0 Å². The molecule has 0 aromatic heterocycles. The Kier molecular flexibility index (Phi) is 3.26. The SMILES string of the molecule is CC(C)N(C(=O)[C@@H]1CNCCO1)C1CC1. The highest BCUT2D eigenvalue weighted by atomic mass is 16.5. The predicted octanol–water partition coefficient (Wildman–Crippen LogP) is 0.374. The number of morpholine rings is 1. The molecule has 1 amide bonds. The molecular weight excluding hydrogens is 192 g/mol. The summed E-state index contributed by atoms with van der Waals surface area (Å²) in [5, 5.41) is 3.20. The molecule has 2 aliphatic rings. The Morgan fingerprint density at radius 3 is 2.67 bits per heavy atom. The fraction of sp³-hybridized carbons (Fsp3) is 0.909. The molecule has 2 rings (SSSR count). The number of rotatable bonds is 3. The predicted molar refractivity (Wildman–Crippen MR) is 57.6 cm³/mol. The molecule has 1 heterocycles. The molecule has 1 saturated carbocycles. The van der Waals surface area contributed by atoms with Crippen LogP contribution < -0.4 is 5.32 Å². The quantitative estimate of drug-likeness (QED) is 0.735. The zero-order valence-electron chi connectivity index (χ0n) is 9.53. The highest BCUT2D eigenvalue weighted by Gasteiger charge is 2.38. The topological polar surface area (TPSA) is 41.6 Å². The second kappa shape index (κ2) is 4.49. The number of hydrogen-bond donors (Lipinski definition) is 1. The molecule has 1 aliphatic carbocycles. The molecule has 4 nitrogen and oxygen atoms in total. The van der Waals surface area contributed by atoms with Crippen LogP contribution in [-0.4, -0.2) is 48.7 Å². The molecule has 4 heteroatoms. The van der Waals surface area contributed by atoms with Crippen LogP contribution in [0.1, 0.15) is 26.7 Å². The summed E-state index contributed by atoms with van der Waals surface area (Å²) in [6.45, 7) is 6.32. The van der Waals surface area contributed by atoms with Gasteiger partial charge in [-0.15, -0.1) is 0 Å². The van der Waals surface area contributed by atoms with Crippen LogP contribution in [-0.2, 0) is 9.53 Å². The average Bonchev–Trinajstić information content (AvgIpc) is 3.03. The van der Waals surface area contributed by atoms with Gasteiger partial charge in [0.05, 0.1) is 6.61 Å². The largest absolute Gasteiger partial charge is 0.366 e. The maximum atomic E-state index is 12.2. The van der Waals surface area contributed by atoms with Gasteiger partial charge in [0.15, 0.2) is 0 Å². The summed E-state index contributed by atoms with van der Waals surface area (Å²) in [7, 11) is 0. The van der Waals surface area contributed by atoms with Gasteiger partial charge >= 0.3 is 0 Å². The molecule has 0 bridgehead atoms. The minimum atomic E-state index is -0.262. The van der Waals surface area contributed by atoms with Crippen molar-refractivity contribution in [2.45, 2.75) is 44.9 Å². The summed E-state index contributed by atoms with van der Waals surface area (Å²) in [6.07, 6.45) is 2.05. The molecular formula is C11H20N2O2. The Bertz CT molecular complexity index is 231. The van der Waals surface area contributed by atoms with Gasteiger partial charge in [0, 0.05) is 25.2 Å². The fourth-order valence-corrected chi connectivity index (χ4v) is 2.10. The van der Waals surface area contributed by atoms with Gasteiger partial charge in [0.2, 0.25) is 0 Å². The molecule has 1 N–H and O–H groups in total. The molecule has 0 aromatic rings. The summed E-state index contributed by atoms with van der Waals surface area (Å²) in [6, 6.07) is 0.763. The molecule has 1 saturated heterocycles. The van der Waals surface area contributed by atoms with Crippen molar-refractivity contribution in [2.75, 3.05) is 19.7 Å². The average molecular weight is 212 g/mol. The minimum Gasteiger partial charge on any atom is -0.366 e. The summed E-state index contributed by atoms with van der Waals surface area (Å²) >= 11 is 0. The molecule has 0 spiro atoms. The van der Waals surface area contributed by atoms with Gasteiger partial charge in [-0.25, -0.2) is 0 Å². The van der Waals surface area contributed by atoms with Gasteiger partial charge in [-0.3, -0.25) is 4.79 Å². The lowest BCUT2D eigenvalue weighted by Crippen LogP contribution is -2.52. The zero-order chi connectivity index (χ0) is 10.8. The number of carbonyl (C=O) groups excluding carboxylic acids is 1. The monoisotopic (exact) mass is 212 g/mol. The Hall–Kier alpha value is -0.610. The molecule has 15 heavy (non-hydrogen) atoms. The van der Waals surface area contributed by atoms with Crippen LogP contribution in [0.15, 0.2) is 0 Å². The van der Waals surface area contributed by atoms with Crippen LogP contribution >= 0.6 is 0 Å². The van der Waals surface area contributed by atoms with Crippen molar-refractivity contribution in [1.82, 2.24) is 10.2 Å². The molecule has 2 fully saturated rings. The van der Waals surface area contributed by atoms with Gasteiger partial charge < -0.3 is 15.0 Å². The molecule has 0 aromatic carbocycles. The van der Waals surface area contributed by atoms with E-state index in [0.29, 0.717) is 19.2 Å².